The molecule has 2 atom stereocenters. The van der Waals surface area contributed by atoms with Crippen LogP contribution in [0.5, 0.6) is 0 Å². The summed E-state index contributed by atoms with van der Waals surface area (Å²) in [5, 5.41) is 6.31. The molecule has 122 valence electrons. The maximum atomic E-state index is 12.3. The average Bonchev–Trinajstić information content (AvgIpc) is 2.97. The van der Waals surface area contributed by atoms with Gasteiger partial charge in [-0.1, -0.05) is 6.92 Å². The highest BCUT2D eigenvalue weighted by atomic mass is 35.5. The van der Waals surface area contributed by atoms with Crippen molar-refractivity contribution in [2.75, 3.05) is 26.2 Å². The monoisotopic (exact) mass is 317 g/mol. The first kappa shape index (κ1) is 18.2. The Kier molecular flexibility index (Phi) is 8.04. The van der Waals surface area contributed by atoms with Crippen molar-refractivity contribution in [3.8, 4) is 0 Å². The number of hydrogen-bond donors (Lipinski definition) is 2. The molecule has 2 unspecified atom stereocenters. The van der Waals surface area contributed by atoms with Gasteiger partial charge in [0, 0.05) is 32.1 Å². The molecule has 2 amide bonds. The number of halogens is 1. The Morgan fingerprint density at radius 3 is 2.76 bits per heavy atom. The number of likely N-dealkylation sites (tertiary alicyclic amines) is 1. The SMILES string of the molecule is CCCNC(=O)C1CCCN(C(=O)CC2CCCN2)C1.Cl. The fraction of sp³-hybridized carbons (Fsp3) is 0.867. The number of nitrogens with one attached hydrogen (secondary N) is 2. The molecule has 0 bridgehead atoms. The zero-order valence-electron chi connectivity index (χ0n) is 12.9. The topological polar surface area (TPSA) is 61.4 Å². The lowest BCUT2D eigenvalue weighted by molar-refractivity contribution is -0.136. The summed E-state index contributed by atoms with van der Waals surface area (Å²) >= 11 is 0. The van der Waals surface area contributed by atoms with Crippen LogP contribution >= 0.6 is 12.4 Å². The van der Waals surface area contributed by atoms with E-state index in [1.54, 1.807) is 0 Å². The number of rotatable bonds is 5. The van der Waals surface area contributed by atoms with Gasteiger partial charge < -0.3 is 15.5 Å². The number of piperidine rings is 1. The van der Waals surface area contributed by atoms with Crippen molar-refractivity contribution < 1.29 is 9.59 Å². The summed E-state index contributed by atoms with van der Waals surface area (Å²) < 4.78 is 0. The molecule has 21 heavy (non-hydrogen) atoms. The first-order valence-electron chi connectivity index (χ1n) is 7.99. The Balaban J connectivity index is 0.00000220. The number of nitrogens with zero attached hydrogens (tertiary/aromatic N) is 1. The minimum atomic E-state index is -0.0178. The highest BCUT2D eigenvalue weighted by Crippen LogP contribution is 2.19. The largest absolute Gasteiger partial charge is 0.356 e. The van der Waals surface area contributed by atoms with Crippen LogP contribution in [-0.2, 0) is 9.59 Å². The molecule has 2 saturated heterocycles. The zero-order valence-corrected chi connectivity index (χ0v) is 13.7. The van der Waals surface area contributed by atoms with E-state index in [0.717, 1.165) is 45.3 Å². The molecule has 0 aromatic rings. The Hall–Kier alpha value is -0.810. The molecule has 0 spiro atoms. The van der Waals surface area contributed by atoms with Crippen LogP contribution in [0.3, 0.4) is 0 Å². The predicted molar refractivity (Wildman–Crippen MR) is 85.5 cm³/mol. The van der Waals surface area contributed by atoms with Gasteiger partial charge in [0.25, 0.3) is 0 Å². The molecule has 2 N–H and O–H groups in total. The number of amides is 2. The summed E-state index contributed by atoms with van der Waals surface area (Å²) in [5.41, 5.74) is 0. The summed E-state index contributed by atoms with van der Waals surface area (Å²) in [6.07, 6.45) is 5.65. The Bertz CT molecular complexity index is 346. The highest BCUT2D eigenvalue weighted by molar-refractivity contribution is 5.85. The van der Waals surface area contributed by atoms with E-state index in [1.165, 1.54) is 6.42 Å². The van der Waals surface area contributed by atoms with E-state index < -0.39 is 0 Å². The molecule has 2 heterocycles. The van der Waals surface area contributed by atoms with Crippen molar-refractivity contribution in [1.29, 1.82) is 0 Å². The fourth-order valence-electron chi connectivity index (χ4n) is 3.08. The minimum Gasteiger partial charge on any atom is -0.356 e. The quantitative estimate of drug-likeness (QED) is 0.804. The van der Waals surface area contributed by atoms with Crippen molar-refractivity contribution in [3.05, 3.63) is 0 Å². The van der Waals surface area contributed by atoms with Crippen LogP contribution in [0, 0.1) is 5.92 Å². The molecule has 2 fully saturated rings. The first-order valence-corrected chi connectivity index (χ1v) is 7.99. The third-order valence-corrected chi connectivity index (χ3v) is 4.28. The molecule has 6 heteroatoms. The molecule has 0 aliphatic carbocycles. The highest BCUT2D eigenvalue weighted by Gasteiger charge is 2.29. The average molecular weight is 318 g/mol. The van der Waals surface area contributed by atoms with Crippen molar-refractivity contribution in [2.45, 2.75) is 51.5 Å². The van der Waals surface area contributed by atoms with E-state index in [0.29, 0.717) is 19.0 Å². The molecular formula is C15H28ClN3O2. The van der Waals surface area contributed by atoms with Crippen molar-refractivity contribution in [3.63, 3.8) is 0 Å². The molecule has 2 aliphatic heterocycles. The second kappa shape index (κ2) is 9.26. The maximum Gasteiger partial charge on any atom is 0.224 e. The van der Waals surface area contributed by atoms with Gasteiger partial charge in [-0.2, -0.15) is 0 Å². The molecule has 0 saturated carbocycles. The summed E-state index contributed by atoms with van der Waals surface area (Å²) in [6.45, 7) is 5.21. The van der Waals surface area contributed by atoms with Crippen molar-refractivity contribution in [1.82, 2.24) is 15.5 Å². The summed E-state index contributed by atoms with van der Waals surface area (Å²) in [6, 6.07) is 0.344. The standard InChI is InChI=1S/C15H27N3O2.ClH/c1-2-7-17-15(20)12-5-4-9-18(11-12)14(19)10-13-6-3-8-16-13;/h12-13,16H,2-11H2,1H3,(H,17,20);1H. The summed E-state index contributed by atoms with van der Waals surface area (Å²) in [4.78, 5) is 26.2. The molecule has 5 nitrogen and oxygen atoms in total. The van der Waals surface area contributed by atoms with Gasteiger partial charge in [-0.3, -0.25) is 9.59 Å². The van der Waals surface area contributed by atoms with Gasteiger partial charge in [-0.25, -0.2) is 0 Å². The summed E-state index contributed by atoms with van der Waals surface area (Å²) in [5.74, 6) is 0.302. The smallest absolute Gasteiger partial charge is 0.224 e. The first-order chi connectivity index (χ1) is 9.70. The van der Waals surface area contributed by atoms with Crippen molar-refractivity contribution >= 4 is 24.2 Å². The summed E-state index contributed by atoms with van der Waals surface area (Å²) in [7, 11) is 0. The van der Waals surface area contributed by atoms with Gasteiger partial charge in [0.1, 0.15) is 0 Å². The Morgan fingerprint density at radius 2 is 2.10 bits per heavy atom. The van der Waals surface area contributed by atoms with Crippen LogP contribution in [0.1, 0.15) is 45.4 Å². The van der Waals surface area contributed by atoms with E-state index >= 15 is 0 Å². The lowest BCUT2D eigenvalue weighted by Gasteiger charge is -2.32. The van der Waals surface area contributed by atoms with Gasteiger partial charge in [0.05, 0.1) is 5.92 Å². The maximum absolute atomic E-state index is 12.3. The number of carbonyl (C=O) groups is 2. The van der Waals surface area contributed by atoms with Gasteiger partial charge in [-0.15, -0.1) is 12.4 Å². The zero-order chi connectivity index (χ0) is 14.4. The van der Waals surface area contributed by atoms with Crippen LogP contribution in [0.25, 0.3) is 0 Å². The van der Waals surface area contributed by atoms with Crippen LogP contribution in [0.15, 0.2) is 0 Å². The lowest BCUT2D eigenvalue weighted by Crippen LogP contribution is -2.46. The normalized spacial score (nSPS) is 25.3. The van der Waals surface area contributed by atoms with Gasteiger partial charge >= 0.3 is 0 Å². The van der Waals surface area contributed by atoms with E-state index in [1.807, 2.05) is 11.8 Å². The van der Waals surface area contributed by atoms with E-state index in [4.69, 9.17) is 0 Å². The second-order valence-corrected chi connectivity index (χ2v) is 5.97. The van der Waals surface area contributed by atoms with E-state index in [-0.39, 0.29) is 30.1 Å². The fourth-order valence-corrected chi connectivity index (χ4v) is 3.08. The van der Waals surface area contributed by atoms with Crippen LogP contribution in [-0.4, -0.2) is 48.9 Å². The van der Waals surface area contributed by atoms with E-state index in [9.17, 15) is 9.59 Å². The Morgan fingerprint density at radius 1 is 1.29 bits per heavy atom. The Labute approximate surface area is 133 Å². The molecule has 2 aliphatic rings. The minimum absolute atomic E-state index is 0. The third-order valence-electron chi connectivity index (χ3n) is 4.28. The van der Waals surface area contributed by atoms with Gasteiger partial charge in [0.2, 0.25) is 11.8 Å². The van der Waals surface area contributed by atoms with Crippen LogP contribution in [0.4, 0.5) is 0 Å². The molecule has 0 aromatic heterocycles. The molecule has 0 aromatic carbocycles. The van der Waals surface area contributed by atoms with Gasteiger partial charge in [-0.05, 0) is 38.6 Å². The lowest BCUT2D eigenvalue weighted by atomic mass is 9.96. The second-order valence-electron chi connectivity index (χ2n) is 5.97. The number of carbonyl (C=O) groups excluding carboxylic acids is 2. The van der Waals surface area contributed by atoms with Crippen molar-refractivity contribution in [2.24, 2.45) is 5.92 Å². The molecular weight excluding hydrogens is 290 g/mol. The van der Waals surface area contributed by atoms with Gasteiger partial charge in [0.15, 0.2) is 0 Å². The van der Waals surface area contributed by atoms with Crippen LogP contribution < -0.4 is 10.6 Å². The molecule has 2 rings (SSSR count). The van der Waals surface area contributed by atoms with E-state index in [2.05, 4.69) is 10.6 Å². The predicted octanol–water partition coefficient (Wildman–Crippen LogP) is 1.32. The van der Waals surface area contributed by atoms with Crippen LogP contribution in [0.2, 0.25) is 0 Å². The third kappa shape index (κ3) is 5.47. The number of hydrogen-bond acceptors (Lipinski definition) is 3. The molecule has 0 radical (unpaired) electrons.